The van der Waals surface area contributed by atoms with Gasteiger partial charge in [0.1, 0.15) is 0 Å². The van der Waals surface area contributed by atoms with Crippen LogP contribution in [0.1, 0.15) is 94.9 Å². The SMILES string of the molecule is CC1(COCCOCC2(C)COC3(CC(C)(C)NC(C)(C)C3)OC2)COC2(CC(C)(C)NC(C)(C)C2)OC1. The molecule has 0 atom stereocenters. The second kappa shape index (κ2) is 10.2. The van der Waals surface area contributed by atoms with Gasteiger partial charge in [0.25, 0.3) is 0 Å². The quantitative estimate of drug-likeness (QED) is 0.460. The normalized spacial score (nSPS) is 31.7. The summed E-state index contributed by atoms with van der Waals surface area (Å²) in [6.45, 7) is 26.9. The van der Waals surface area contributed by atoms with Crippen LogP contribution in [-0.2, 0) is 28.4 Å². The van der Waals surface area contributed by atoms with Gasteiger partial charge in [-0.1, -0.05) is 13.8 Å². The molecule has 0 amide bonds. The van der Waals surface area contributed by atoms with Gasteiger partial charge in [-0.2, -0.15) is 0 Å². The van der Waals surface area contributed by atoms with Crippen LogP contribution in [-0.4, -0.2) is 86.6 Å². The summed E-state index contributed by atoms with van der Waals surface area (Å²) < 4.78 is 37.8. The molecule has 0 radical (unpaired) electrons. The van der Waals surface area contributed by atoms with Crippen molar-refractivity contribution in [2.45, 2.75) is 129 Å². The lowest BCUT2D eigenvalue weighted by molar-refractivity contribution is -0.332. The third-order valence-corrected chi connectivity index (χ3v) is 8.21. The van der Waals surface area contributed by atoms with E-state index in [9.17, 15) is 0 Å². The Morgan fingerprint density at radius 3 is 1.00 bits per heavy atom. The highest BCUT2D eigenvalue weighted by Gasteiger charge is 2.54. The lowest BCUT2D eigenvalue weighted by Gasteiger charge is -2.55. The van der Waals surface area contributed by atoms with Crippen molar-refractivity contribution >= 4 is 0 Å². The molecule has 4 heterocycles. The average Bonchev–Trinajstić information content (AvgIpc) is 2.72. The average molecular weight is 541 g/mol. The van der Waals surface area contributed by atoms with E-state index in [0.717, 1.165) is 25.7 Å². The minimum absolute atomic E-state index is 0.0320. The number of hydrogen-bond donors (Lipinski definition) is 2. The summed E-state index contributed by atoms with van der Waals surface area (Å²) in [6, 6.07) is 0. The van der Waals surface area contributed by atoms with E-state index >= 15 is 0 Å². The molecule has 38 heavy (non-hydrogen) atoms. The molecule has 0 bridgehead atoms. The predicted molar refractivity (Wildman–Crippen MR) is 148 cm³/mol. The van der Waals surface area contributed by atoms with Crippen LogP contribution in [0.5, 0.6) is 0 Å². The van der Waals surface area contributed by atoms with E-state index in [1.807, 2.05) is 0 Å². The Morgan fingerprint density at radius 2 is 0.737 bits per heavy atom. The smallest absolute Gasteiger partial charge is 0.171 e. The van der Waals surface area contributed by atoms with E-state index in [1.54, 1.807) is 0 Å². The van der Waals surface area contributed by atoms with Gasteiger partial charge in [-0.25, -0.2) is 0 Å². The van der Waals surface area contributed by atoms with Crippen molar-refractivity contribution in [3.8, 4) is 0 Å². The van der Waals surface area contributed by atoms with Gasteiger partial charge in [0.15, 0.2) is 11.6 Å². The lowest BCUT2D eigenvalue weighted by Crippen LogP contribution is -2.67. The molecule has 0 saturated carbocycles. The number of piperidine rings is 2. The van der Waals surface area contributed by atoms with Crippen LogP contribution in [0, 0.1) is 10.8 Å². The fourth-order valence-corrected chi connectivity index (χ4v) is 7.55. The molecule has 2 N–H and O–H groups in total. The number of hydrogen-bond acceptors (Lipinski definition) is 8. The summed E-state index contributed by atoms with van der Waals surface area (Å²) in [5.41, 5.74) is -0.449. The van der Waals surface area contributed by atoms with Crippen LogP contribution in [0.25, 0.3) is 0 Å². The molecule has 0 aromatic heterocycles. The standard InChI is InChI=1S/C30H56N2O6/c1-23(2)13-29(14-24(3,4)31-23)35-19-27(9,20-36-29)17-33-11-12-34-18-28(10)21-37-30(38-22-28)15-25(5,6)32-26(7,8)16-30/h31-32H,11-22H2,1-10H3. The van der Waals surface area contributed by atoms with E-state index < -0.39 is 11.6 Å². The van der Waals surface area contributed by atoms with Crippen LogP contribution in [0.2, 0.25) is 0 Å². The largest absolute Gasteiger partial charge is 0.378 e. The Balaban J connectivity index is 1.15. The van der Waals surface area contributed by atoms with Gasteiger partial charge in [0.05, 0.1) is 52.9 Å². The van der Waals surface area contributed by atoms with Crippen LogP contribution >= 0.6 is 0 Å². The summed E-state index contributed by atoms with van der Waals surface area (Å²) in [7, 11) is 0. The maximum Gasteiger partial charge on any atom is 0.171 e. The molecular formula is C30H56N2O6. The van der Waals surface area contributed by atoms with Crippen molar-refractivity contribution in [1.29, 1.82) is 0 Å². The third kappa shape index (κ3) is 7.69. The van der Waals surface area contributed by atoms with Crippen LogP contribution in [0.15, 0.2) is 0 Å². The van der Waals surface area contributed by atoms with Gasteiger partial charge in [-0.15, -0.1) is 0 Å². The highest BCUT2D eigenvalue weighted by Crippen LogP contribution is 2.45. The van der Waals surface area contributed by atoms with Crippen molar-refractivity contribution in [3.05, 3.63) is 0 Å². The molecule has 4 aliphatic heterocycles. The van der Waals surface area contributed by atoms with Crippen molar-refractivity contribution in [2.75, 3.05) is 52.9 Å². The first kappa shape index (κ1) is 30.6. The highest BCUT2D eigenvalue weighted by molar-refractivity contribution is 5.04. The van der Waals surface area contributed by atoms with Crippen LogP contribution < -0.4 is 10.6 Å². The van der Waals surface area contributed by atoms with Gasteiger partial charge in [0.2, 0.25) is 0 Å². The molecule has 4 fully saturated rings. The van der Waals surface area contributed by atoms with Gasteiger partial charge in [-0.3, -0.25) is 0 Å². The van der Waals surface area contributed by atoms with Crippen LogP contribution in [0.4, 0.5) is 0 Å². The zero-order valence-electron chi connectivity index (χ0n) is 25.9. The fraction of sp³-hybridized carbons (Fsp3) is 1.00. The van der Waals surface area contributed by atoms with Crippen molar-refractivity contribution in [2.24, 2.45) is 10.8 Å². The minimum atomic E-state index is -0.515. The number of ether oxygens (including phenoxy) is 6. The van der Waals surface area contributed by atoms with E-state index in [-0.39, 0.29) is 33.0 Å². The first-order valence-corrected chi connectivity index (χ1v) is 14.6. The zero-order chi connectivity index (χ0) is 28.1. The fourth-order valence-electron chi connectivity index (χ4n) is 7.55. The lowest BCUT2D eigenvalue weighted by atomic mass is 9.77. The summed E-state index contributed by atoms with van der Waals surface area (Å²) in [6.07, 6.45) is 3.36. The van der Waals surface area contributed by atoms with E-state index in [1.165, 1.54) is 0 Å². The topological polar surface area (TPSA) is 79.4 Å². The van der Waals surface area contributed by atoms with E-state index in [4.69, 9.17) is 28.4 Å². The van der Waals surface area contributed by atoms with Gasteiger partial charge < -0.3 is 39.1 Å². The van der Waals surface area contributed by atoms with E-state index in [2.05, 4.69) is 79.9 Å². The first-order chi connectivity index (χ1) is 17.3. The second-order valence-corrected chi connectivity index (χ2v) is 16.2. The summed E-state index contributed by atoms with van der Waals surface area (Å²) in [5, 5.41) is 7.42. The minimum Gasteiger partial charge on any atom is -0.378 e. The maximum absolute atomic E-state index is 6.43. The Kier molecular flexibility index (Phi) is 8.22. The Bertz CT molecular complexity index is 719. The van der Waals surface area contributed by atoms with Crippen molar-refractivity contribution < 1.29 is 28.4 Å². The van der Waals surface area contributed by atoms with Crippen LogP contribution in [0.3, 0.4) is 0 Å². The van der Waals surface area contributed by atoms with E-state index in [0.29, 0.717) is 52.9 Å². The second-order valence-electron chi connectivity index (χ2n) is 16.2. The molecule has 8 nitrogen and oxygen atoms in total. The zero-order valence-corrected chi connectivity index (χ0v) is 25.9. The van der Waals surface area contributed by atoms with Crippen molar-refractivity contribution in [1.82, 2.24) is 10.6 Å². The summed E-state index contributed by atoms with van der Waals surface area (Å²) in [4.78, 5) is 0. The molecule has 0 aromatic rings. The summed E-state index contributed by atoms with van der Waals surface area (Å²) in [5.74, 6) is -1.03. The molecule has 222 valence electrons. The Labute approximate surface area is 231 Å². The monoisotopic (exact) mass is 540 g/mol. The molecule has 4 saturated heterocycles. The van der Waals surface area contributed by atoms with Gasteiger partial charge >= 0.3 is 0 Å². The molecule has 2 spiro atoms. The third-order valence-electron chi connectivity index (χ3n) is 8.21. The first-order valence-electron chi connectivity index (χ1n) is 14.6. The molecule has 0 aromatic carbocycles. The van der Waals surface area contributed by atoms with Gasteiger partial charge in [-0.05, 0) is 55.4 Å². The molecule has 0 aliphatic carbocycles. The predicted octanol–water partition coefficient (Wildman–Crippen LogP) is 4.40. The molecule has 4 aliphatic rings. The van der Waals surface area contributed by atoms with Gasteiger partial charge in [0, 0.05) is 58.7 Å². The molecular weight excluding hydrogens is 484 g/mol. The Hall–Kier alpha value is -0.320. The molecule has 0 unspecified atom stereocenters. The molecule has 8 heteroatoms. The van der Waals surface area contributed by atoms with Crippen molar-refractivity contribution in [3.63, 3.8) is 0 Å². The number of rotatable bonds is 7. The maximum atomic E-state index is 6.43. The Morgan fingerprint density at radius 1 is 0.474 bits per heavy atom. The summed E-state index contributed by atoms with van der Waals surface area (Å²) >= 11 is 0. The molecule has 4 rings (SSSR count). The highest BCUT2D eigenvalue weighted by atomic mass is 16.7. The number of nitrogens with one attached hydrogen (secondary N) is 2.